The third kappa shape index (κ3) is 5.15. The van der Waals surface area contributed by atoms with Crippen molar-refractivity contribution in [2.75, 3.05) is 5.32 Å². The number of benzene rings is 3. The molecule has 3 rings (SSSR count). The zero-order valence-corrected chi connectivity index (χ0v) is 16.4. The highest BCUT2D eigenvalue weighted by atomic mass is 35.5. The molecule has 0 aromatic heterocycles. The number of halogens is 3. The van der Waals surface area contributed by atoms with Gasteiger partial charge in [-0.1, -0.05) is 60.5 Å². The molecule has 2 nitrogen and oxygen atoms in total. The van der Waals surface area contributed by atoms with E-state index in [9.17, 15) is 4.39 Å². The minimum absolute atomic E-state index is 0.0630. The van der Waals surface area contributed by atoms with Gasteiger partial charge in [-0.15, -0.1) is 0 Å². The number of aryl methyl sites for hydroxylation is 1. The Morgan fingerprint density at radius 3 is 2.22 bits per heavy atom. The largest absolute Gasteiger partial charge is 0.486 e. The summed E-state index contributed by atoms with van der Waals surface area (Å²) < 4.78 is 19.4. The maximum absolute atomic E-state index is 13.7. The summed E-state index contributed by atoms with van der Waals surface area (Å²) in [5, 5.41) is 4.14. The second kappa shape index (κ2) is 9.12. The second-order valence-corrected chi connectivity index (χ2v) is 6.99. The van der Waals surface area contributed by atoms with E-state index in [0.717, 1.165) is 17.7 Å². The first-order valence-electron chi connectivity index (χ1n) is 8.73. The molecule has 3 aromatic carbocycles. The molecule has 0 spiro atoms. The normalized spacial score (nSPS) is 10.7. The number of nitrogens with one attached hydrogen (secondary N) is 1. The first-order chi connectivity index (χ1) is 13.1. The molecule has 0 radical (unpaired) electrons. The van der Waals surface area contributed by atoms with Crippen LogP contribution in [-0.2, 0) is 19.6 Å². The molecule has 27 heavy (non-hydrogen) atoms. The molecular weight excluding hydrogens is 384 g/mol. The minimum Gasteiger partial charge on any atom is -0.486 e. The monoisotopic (exact) mass is 403 g/mol. The van der Waals surface area contributed by atoms with Crippen molar-refractivity contribution in [3.05, 3.63) is 93.2 Å². The molecule has 0 saturated carbocycles. The standard InChI is InChI=1S/C22H20Cl2FNO/c1-2-15-7-9-18(10-8-15)26-13-16-11-19(23)22(20(24)12-16)27-14-17-5-3-4-6-21(17)25/h3-12,26H,2,13-14H2,1H3. The fourth-order valence-corrected chi connectivity index (χ4v) is 3.32. The van der Waals surface area contributed by atoms with E-state index in [0.29, 0.717) is 27.9 Å². The lowest BCUT2D eigenvalue weighted by Crippen LogP contribution is -2.02. The molecular formula is C22H20Cl2FNO. The molecule has 1 N–H and O–H groups in total. The number of hydrogen-bond donors (Lipinski definition) is 1. The number of ether oxygens (including phenoxy) is 1. The molecule has 3 aromatic rings. The van der Waals surface area contributed by atoms with Crippen molar-refractivity contribution >= 4 is 28.9 Å². The summed E-state index contributed by atoms with van der Waals surface area (Å²) in [6.07, 6.45) is 1.01. The number of anilines is 1. The Labute approximate surface area is 168 Å². The van der Waals surface area contributed by atoms with E-state index in [1.165, 1.54) is 11.6 Å². The molecule has 0 amide bonds. The van der Waals surface area contributed by atoms with Crippen molar-refractivity contribution in [1.82, 2.24) is 0 Å². The van der Waals surface area contributed by atoms with E-state index >= 15 is 0 Å². The van der Waals surface area contributed by atoms with Gasteiger partial charge >= 0.3 is 0 Å². The van der Waals surface area contributed by atoms with Crippen molar-refractivity contribution in [3.8, 4) is 5.75 Å². The van der Waals surface area contributed by atoms with Crippen LogP contribution in [0.2, 0.25) is 10.0 Å². The molecule has 140 valence electrons. The first-order valence-corrected chi connectivity index (χ1v) is 9.49. The summed E-state index contributed by atoms with van der Waals surface area (Å²) in [6, 6.07) is 18.4. The van der Waals surface area contributed by atoms with Gasteiger partial charge in [-0.2, -0.15) is 0 Å². The Hall–Kier alpha value is -2.23. The van der Waals surface area contributed by atoms with Gasteiger partial charge in [-0.05, 0) is 47.9 Å². The fourth-order valence-electron chi connectivity index (χ4n) is 2.68. The quantitative estimate of drug-likeness (QED) is 0.463. The van der Waals surface area contributed by atoms with Crippen LogP contribution in [0.4, 0.5) is 10.1 Å². The summed E-state index contributed by atoms with van der Waals surface area (Å²) in [6.45, 7) is 2.77. The van der Waals surface area contributed by atoms with Gasteiger partial charge in [0.1, 0.15) is 12.4 Å². The highest BCUT2D eigenvalue weighted by Gasteiger charge is 2.11. The summed E-state index contributed by atoms with van der Waals surface area (Å²) in [4.78, 5) is 0. The van der Waals surface area contributed by atoms with Crippen LogP contribution in [0.1, 0.15) is 23.6 Å². The third-order valence-corrected chi connectivity index (χ3v) is 4.81. The second-order valence-electron chi connectivity index (χ2n) is 6.17. The summed E-state index contributed by atoms with van der Waals surface area (Å²) in [5.74, 6) is 0.0392. The number of hydrogen-bond acceptors (Lipinski definition) is 2. The van der Waals surface area contributed by atoms with E-state index in [2.05, 4.69) is 24.4 Å². The Morgan fingerprint density at radius 1 is 0.926 bits per heavy atom. The molecule has 0 heterocycles. The van der Waals surface area contributed by atoms with Gasteiger partial charge in [-0.25, -0.2) is 4.39 Å². The Kier molecular flexibility index (Phi) is 6.59. The van der Waals surface area contributed by atoms with Crippen molar-refractivity contribution in [2.45, 2.75) is 26.5 Å². The lowest BCUT2D eigenvalue weighted by Gasteiger charge is -2.13. The van der Waals surface area contributed by atoms with Gasteiger partial charge in [0, 0.05) is 17.8 Å². The van der Waals surface area contributed by atoms with Crippen LogP contribution >= 0.6 is 23.2 Å². The van der Waals surface area contributed by atoms with Crippen molar-refractivity contribution < 1.29 is 9.13 Å². The fraction of sp³-hybridized carbons (Fsp3) is 0.182. The van der Waals surface area contributed by atoms with Crippen LogP contribution in [0.5, 0.6) is 5.75 Å². The van der Waals surface area contributed by atoms with Gasteiger partial charge < -0.3 is 10.1 Å². The average molecular weight is 404 g/mol. The molecule has 0 aliphatic heterocycles. The van der Waals surface area contributed by atoms with Crippen LogP contribution in [0.15, 0.2) is 60.7 Å². The zero-order chi connectivity index (χ0) is 19.2. The SMILES string of the molecule is CCc1ccc(NCc2cc(Cl)c(OCc3ccccc3F)c(Cl)c2)cc1. The van der Waals surface area contributed by atoms with E-state index in [1.54, 1.807) is 30.3 Å². The van der Waals surface area contributed by atoms with Crippen LogP contribution in [0, 0.1) is 5.82 Å². The van der Waals surface area contributed by atoms with Gasteiger partial charge in [0.2, 0.25) is 0 Å². The molecule has 0 saturated heterocycles. The predicted octanol–water partition coefficient (Wildman–Crippen LogP) is 6.89. The van der Waals surface area contributed by atoms with Crippen molar-refractivity contribution in [2.24, 2.45) is 0 Å². The number of rotatable bonds is 7. The lowest BCUT2D eigenvalue weighted by atomic mass is 10.1. The van der Waals surface area contributed by atoms with Crippen LogP contribution in [0.3, 0.4) is 0 Å². The molecule has 5 heteroatoms. The predicted molar refractivity (Wildman–Crippen MR) is 110 cm³/mol. The van der Waals surface area contributed by atoms with E-state index in [-0.39, 0.29) is 12.4 Å². The Bertz CT molecular complexity index is 889. The molecule has 0 aliphatic carbocycles. The van der Waals surface area contributed by atoms with Gasteiger partial charge in [0.25, 0.3) is 0 Å². The maximum Gasteiger partial charge on any atom is 0.156 e. The van der Waals surface area contributed by atoms with Gasteiger partial charge in [-0.3, -0.25) is 0 Å². The minimum atomic E-state index is -0.320. The first kappa shape index (κ1) is 19.5. The molecule has 0 bridgehead atoms. The average Bonchev–Trinajstić information content (AvgIpc) is 2.67. The maximum atomic E-state index is 13.7. The molecule has 0 atom stereocenters. The topological polar surface area (TPSA) is 21.3 Å². The smallest absolute Gasteiger partial charge is 0.156 e. The summed E-state index contributed by atoms with van der Waals surface area (Å²) in [7, 11) is 0. The van der Waals surface area contributed by atoms with E-state index in [4.69, 9.17) is 27.9 Å². The summed E-state index contributed by atoms with van der Waals surface area (Å²) in [5.41, 5.74) is 3.70. The van der Waals surface area contributed by atoms with Crippen molar-refractivity contribution in [1.29, 1.82) is 0 Å². The molecule has 0 fully saturated rings. The third-order valence-electron chi connectivity index (χ3n) is 4.25. The Morgan fingerprint density at radius 2 is 1.59 bits per heavy atom. The van der Waals surface area contributed by atoms with E-state index in [1.807, 2.05) is 12.1 Å². The van der Waals surface area contributed by atoms with Crippen LogP contribution < -0.4 is 10.1 Å². The van der Waals surface area contributed by atoms with Gasteiger partial charge in [0.15, 0.2) is 5.75 Å². The van der Waals surface area contributed by atoms with Crippen LogP contribution in [-0.4, -0.2) is 0 Å². The molecule has 0 aliphatic rings. The highest BCUT2D eigenvalue weighted by molar-refractivity contribution is 6.37. The summed E-state index contributed by atoms with van der Waals surface area (Å²) >= 11 is 12.7. The van der Waals surface area contributed by atoms with Crippen LogP contribution in [0.25, 0.3) is 0 Å². The van der Waals surface area contributed by atoms with Crippen molar-refractivity contribution in [3.63, 3.8) is 0 Å². The Balaban J connectivity index is 1.66. The lowest BCUT2D eigenvalue weighted by molar-refractivity contribution is 0.300. The highest BCUT2D eigenvalue weighted by Crippen LogP contribution is 2.35. The van der Waals surface area contributed by atoms with E-state index < -0.39 is 0 Å². The zero-order valence-electron chi connectivity index (χ0n) is 14.9. The van der Waals surface area contributed by atoms with Gasteiger partial charge in [0.05, 0.1) is 10.0 Å². The molecule has 0 unspecified atom stereocenters.